The maximum atomic E-state index is 11.9. The molecule has 0 spiro atoms. The van der Waals surface area contributed by atoms with Gasteiger partial charge >= 0.3 is 0 Å². The van der Waals surface area contributed by atoms with Crippen LogP contribution in [0.4, 0.5) is 0 Å². The molecule has 3 nitrogen and oxygen atoms in total. The first-order valence-electron chi connectivity index (χ1n) is 7.23. The maximum Gasteiger partial charge on any atom is 0.152 e. The third-order valence-electron chi connectivity index (χ3n) is 3.86. The molecule has 1 aliphatic heterocycles. The van der Waals surface area contributed by atoms with E-state index in [-0.39, 0.29) is 11.8 Å². The fourth-order valence-electron chi connectivity index (χ4n) is 2.72. The normalized spacial score (nSPS) is 21.6. The van der Waals surface area contributed by atoms with Crippen LogP contribution in [-0.2, 0) is 9.84 Å². The lowest BCUT2D eigenvalue weighted by Gasteiger charge is -2.16. The molecule has 0 aliphatic carbocycles. The van der Waals surface area contributed by atoms with Gasteiger partial charge in [-0.15, -0.1) is 0 Å². The van der Waals surface area contributed by atoms with E-state index in [0.717, 1.165) is 17.7 Å². The van der Waals surface area contributed by atoms with Gasteiger partial charge in [-0.25, -0.2) is 8.42 Å². The number of rotatable bonds is 2. The Morgan fingerprint density at radius 3 is 2.29 bits per heavy atom. The largest absolute Gasteiger partial charge is 0.309 e. The van der Waals surface area contributed by atoms with Gasteiger partial charge in [0.05, 0.1) is 11.5 Å². The number of hydrogen-bond donors (Lipinski definition) is 1. The van der Waals surface area contributed by atoms with Crippen molar-refractivity contribution in [2.75, 3.05) is 18.1 Å². The molecule has 1 atom stereocenters. The smallest absolute Gasteiger partial charge is 0.152 e. The molecule has 2 aromatic carbocycles. The van der Waals surface area contributed by atoms with Gasteiger partial charge in [0.2, 0.25) is 0 Å². The number of nitrogens with one attached hydrogen (secondary N) is 1. The average molecular weight is 301 g/mol. The molecule has 3 rings (SSSR count). The highest BCUT2D eigenvalue weighted by Gasteiger charge is 2.23. The standard InChI is InChI=1S/C17H19NO2S/c19-21(20)12-4-11-18-17(13-21)16-9-7-15(8-10-16)14-5-2-1-3-6-14/h1-3,5-10,17-18H,4,11-13H2. The topological polar surface area (TPSA) is 46.2 Å². The molecule has 1 saturated heterocycles. The van der Waals surface area contributed by atoms with E-state index in [1.165, 1.54) is 5.56 Å². The summed E-state index contributed by atoms with van der Waals surface area (Å²) in [5.74, 6) is 0.482. The maximum absolute atomic E-state index is 11.9. The van der Waals surface area contributed by atoms with Crippen LogP contribution >= 0.6 is 0 Å². The fourth-order valence-corrected chi connectivity index (χ4v) is 4.29. The molecule has 2 aromatic rings. The summed E-state index contributed by atoms with van der Waals surface area (Å²) in [6, 6.07) is 18.3. The van der Waals surface area contributed by atoms with E-state index in [1.54, 1.807) is 0 Å². The van der Waals surface area contributed by atoms with E-state index in [4.69, 9.17) is 0 Å². The Kier molecular flexibility index (Phi) is 4.08. The minimum Gasteiger partial charge on any atom is -0.309 e. The summed E-state index contributed by atoms with van der Waals surface area (Å²) in [6.45, 7) is 0.754. The number of benzene rings is 2. The van der Waals surface area contributed by atoms with E-state index >= 15 is 0 Å². The van der Waals surface area contributed by atoms with E-state index < -0.39 is 9.84 Å². The van der Waals surface area contributed by atoms with E-state index in [1.807, 2.05) is 30.3 Å². The van der Waals surface area contributed by atoms with Gasteiger partial charge in [0.15, 0.2) is 9.84 Å². The molecule has 0 saturated carbocycles. The van der Waals surface area contributed by atoms with Gasteiger partial charge in [0.25, 0.3) is 0 Å². The molecule has 1 heterocycles. The van der Waals surface area contributed by atoms with Crippen molar-refractivity contribution in [1.29, 1.82) is 0 Å². The highest BCUT2D eigenvalue weighted by molar-refractivity contribution is 7.91. The van der Waals surface area contributed by atoms with Crippen LogP contribution in [0.1, 0.15) is 18.0 Å². The van der Waals surface area contributed by atoms with Crippen LogP contribution in [0.2, 0.25) is 0 Å². The van der Waals surface area contributed by atoms with E-state index in [0.29, 0.717) is 12.2 Å². The van der Waals surface area contributed by atoms with E-state index in [9.17, 15) is 8.42 Å². The first-order valence-corrected chi connectivity index (χ1v) is 9.05. The number of sulfone groups is 1. The van der Waals surface area contributed by atoms with Crippen molar-refractivity contribution in [2.45, 2.75) is 12.5 Å². The Labute approximate surface area is 125 Å². The average Bonchev–Trinajstić information content (AvgIpc) is 2.69. The quantitative estimate of drug-likeness (QED) is 0.928. The predicted molar refractivity (Wildman–Crippen MR) is 85.9 cm³/mol. The van der Waals surface area contributed by atoms with Crippen molar-refractivity contribution in [2.24, 2.45) is 0 Å². The SMILES string of the molecule is O=S1(=O)CCCNC(c2ccc(-c3ccccc3)cc2)C1. The molecule has 21 heavy (non-hydrogen) atoms. The Morgan fingerprint density at radius 2 is 1.57 bits per heavy atom. The van der Waals surface area contributed by atoms with Crippen LogP contribution in [0.5, 0.6) is 0 Å². The molecule has 110 valence electrons. The lowest BCUT2D eigenvalue weighted by atomic mass is 10.0. The lowest BCUT2D eigenvalue weighted by Crippen LogP contribution is -2.25. The second-order valence-electron chi connectivity index (χ2n) is 5.46. The second kappa shape index (κ2) is 6.00. The predicted octanol–water partition coefficient (Wildman–Crippen LogP) is 2.80. The molecule has 1 unspecified atom stereocenters. The first kappa shape index (κ1) is 14.3. The first-order chi connectivity index (χ1) is 10.1. The molecule has 0 radical (unpaired) electrons. The van der Waals surface area contributed by atoms with Crippen molar-refractivity contribution in [3.05, 3.63) is 60.2 Å². The molecule has 0 amide bonds. The zero-order valence-corrected chi connectivity index (χ0v) is 12.6. The molecule has 1 aliphatic rings. The highest BCUT2D eigenvalue weighted by atomic mass is 32.2. The van der Waals surface area contributed by atoms with Gasteiger partial charge in [-0.3, -0.25) is 0 Å². The molecular formula is C17H19NO2S. The highest BCUT2D eigenvalue weighted by Crippen LogP contribution is 2.23. The number of hydrogen-bond acceptors (Lipinski definition) is 3. The van der Waals surface area contributed by atoms with Crippen molar-refractivity contribution in [1.82, 2.24) is 5.32 Å². The van der Waals surface area contributed by atoms with Crippen LogP contribution < -0.4 is 5.32 Å². The summed E-state index contributed by atoms with van der Waals surface area (Å²) < 4.78 is 23.8. The Hall–Kier alpha value is -1.65. The van der Waals surface area contributed by atoms with Crippen molar-refractivity contribution < 1.29 is 8.42 Å². The summed E-state index contributed by atoms with van der Waals surface area (Å²) in [4.78, 5) is 0. The monoisotopic (exact) mass is 301 g/mol. The van der Waals surface area contributed by atoms with Gasteiger partial charge in [-0.2, -0.15) is 0 Å². The van der Waals surface area contributed by atoms with E-state index in [2.05, 4.69) is 29.6 Å². The van der Waals surface area contributed by atoms with Gasteiger partial charge in [-0.05, 0) is 29.7 Å². The van der Waals surface area contributed by atoms with Gasteiger partial charge in [0.1, 0.15) is 0 Å². The minimum atomic E-state index is -2.94. The zero-order chi connectivity index (χ0) is 14.7. The molecule has 0 aromatic heterocycles. The summed E-state index contributed by atoms with van der Waals surface area (Å²) in [7, 11) is -2.94. The van der Waals surface area contributed by atoms with Crippen LogP contribution in [-0.4, -0.2) is 26.5 Å². The van der Waals surface area contributed by atoms with Crippen molar-refractivity contribution in [3.63, 3.8) is 0 Å². The Balaban J connectivity index is 1.84. The molecule has 1 fully saturated rings. The van der Waals surface area contributed by atoms with Crippen LogP contribution in [0.3, 0.4) is 0 Å². The van der Waals surface area contributed by atoms with Gasteiger partial charge < -0.3 is 5.32 Å². The molecule has 0 bridgehead atoms. The Morgan fingerprint density at radius 1 is 0.905 bits per heavy atom. The summed E-state index contributed by atoms with van der Waals surface area (Å²) in [6.07, 6.45) is 0.695. The van der Waals surface area contributed by atoms with Crippen molar-refractivity contribution >= 4 is 9.84 Å². The molecule has 1 N–H and O–H groups in total. The summed E-state index contributed by atoms with van der Waals surface area (Å²) in [5.41, 5.74) is 3.36. The molecule has 4 heteroatoms. The lowest BCUT2D eigenvalue weighted by molar-refractivity contribution is 0.572. The second-order valence-corrected chi connectivity index (χ2v) is 7.69. The van der Waals surface area contributed by atoms with Crippen molar-refractivity contribution in [3.8, 4) is 11.1 Å². The zero-order valence-electron chi connectivity index (χ0n) is 11.8. The fraction of sp³-hybridized carbons (Fsp3) is 0.294. The van der Waals surface area contributed by atoms with Gasteiger partial charge in [-0.1, -0.05) is 54.6 Å². The third kappa shape index (κ3) is 3.52. The van der Waals surface area contributed by atoms with Gasteiger partial charge in [0, 0.05) is 6.04 Å². The Bertz CT molecular complexity index is 693. The third-order valence-corrected chi connectivity index (χ3v) is 5.62. The summed E-state index contributed by atoms with van der Waals surface area (Å²) >= 11 is 0. The minimum absolute atomic E-state index is 0.0951. The molecular weight excluding hydrogens is 282 g/mol. The van der Waals surface area contributed by atoms with Crippen LogP contribution in [0.25, 0.3) is 11.1 Å². The van der Waals surface area contributed by atoms with Crippen LogP contribution in [0, 0.1) is 0 Å². The summed E-state index contributed by atoms with van der Waals surface area (Å²) in [5, 5.41) is 3.33. The van der Waals surface area contributed by atoms with Crippen LogP contribution in [0.15, 0.2) is 54.6 Å².